The predicted molar refractivity (Wildman–Crippen MR) is 56.2 cm³/mol. The topological polar surface area (TPSA) is 42.9 Å². The molecule has 0 bridgehead atoms. The third-order valence-corrected chi connectivity index (χ3v) is 1.77. The summed E-state index contributed by atoms with van der Waals surface area (Å²) in [6, 6.07) is 5.55. The van der Waals surface area contributed by atoms with E-state index >= 15 is 0 Å². The Hall–Kier alpha value is -1.71. The minimum atomic E-state index is 0.768. The molecule has 1 aromatic carbocycles. The molecule has 0 heterocycles. The molecule has 0 saturated carbocycles. The Kier molecular flexibility index (Phi) is 3.79. The van der Waals surface area contributed by atoms with E-state index in [9.17, 15) is 0 Å². The standard InChI is InChI=1S/C10H14N2O2/c1-11-12-7-8-6-9(13-2)4-5-10(8)14-3/h4-7,11H,1-3H3/b12-7+. The van der Waals surface area contributed by atoms with Crippen molar-refractivity contribution in [2.45, 2.75) is 0 Å². The fraction of sp³-hybridized carbons (Fsp3) is 0.300. The molecule has 1 rings (SSSR count). The Labute approximate surface area is 83.5 Å². The van der Waals surface area contributed by atoms with Crippen LogP contribution in [0.15, 0.2) is 23.3 Å². The minimum absolute atomic E-state index is 0.768. The van der Waals surface area contributed by atoms with Crippen LogP contribution < -0.4 is 14.9 Å². The van der Waals surface area contributed by atoms with Crippen LogP contribution in [0.5, 0.6) is 11.5 Å². The molecule has 0 aliphatic carbocycles. The predicted octanol–water partition coefficient (Wildman–Crippen LogP) is 1.26. The second kappa shape index (κ2) is 5.11. The van der Waals surface area contributed by atoms with Crippen molar-refractivity contribution in [1.82, 2.24) is 5.43 Å². The molecule has 0 radical (unpaired) electrons. The molecule has 0 fully saturated rings. The maximum absolute atomic E-state index is 5.17. The summed E-state index contributed by atoms with van der Waals surface area (Å²) in [4.78, 5) is 0. The first-order valence-corrected chi connectivity index (χ1v) is 4.23. The van der Waals surface area contributed by atoms with E-state index in [1.165, 1.54) is 0 Å². The summed E-state index contributed by atoms with van der Waals surface area (Å²) in [5.41, 5.74) is 3.55. The maximum Gasteiger partial charge on any atom is 0.127 e. The largest absolute Gasteiger partial charge is 0.497 e. The second-order valence-electron chi connectivity index (χ2n) is 2.59. The zero-order valence-electron chi connectivity index (χ0n) is 8.57. The summed E-state index contributed by atoms with van der Waals surface area (Å²) >= 11 is 0. The molecule has 4 heteroatoms. The number of methoxy groups -OCH3 is 2. The number of hydrogen-bond donors (Lipinski definition) is 1. The lowest BCUT2D eigenvalue weighted by atomic mass is 10.2. The van der Waals surface area contributed by atoms with Gasteiger partial charge in [-0.3, -0.25) is 0 Å². The van der Waals surface area contributed by atoms with E-state index in [1.54, 1.807) is 27.5 Å². The van der Waals surface area contributed by atoms with E-state index in [2.05, 4.69) is 10.5 Å². The average Bonchev–Trinajstić information content (AvgIpc) is 2.25. The maximum atomic E-state index is 5.17. The molecular weight excluding hydrogens is 180 g/mol. The van der Waals surface area contributed by atoms with Gasteiger partial charge in [-0.25, -0.2) is 0 Å². The average molecular weight is 194 g/mol. The summed E-state index contributed by atoms with van der Waals surface area (Å²) in [5, 5.41) is 3.92. The minimum Gasteiger partial charge on any atom is -0.497 e. The monoisotopic (exact) mass is 194 g/mol. The van der Waals surface area contributed by atoms with Crippen LogP contribution >= 0.6 is 0 Å². The first-order chi connectivity index (χ1) is 6.81. The zero-order chi connectivity index (χ0) is 10.4. The Morgan fingerprint density at radius 2 is 2.07 bits per heavy atom. The molecule has 1 aromatic rings. The first-order valence-electron chi connectivity index (χ1n) is 4.23. The lowest BCUT2D eigenvalue weighted by Crippen LogP contribution is -1.97. The van der Waals surface area contributed by atoms with Crippen LogP contribution in [0.2, 0.25) is 0 Å². The third-order valence-electron chi connectivity index (χ3n) is 1.77. The van der Waals surface area contributed by atoms with Gasteiger partial charge in [-0.1, -0.05) is 0 Å². The van der Waals surface area contributed by atoms with Crippen LogP contribution in [-0.4, -0.2) is 27.5 Å². The van der Waals surface area contributed by atoms with Crippen LogP contribution in [0.1, 0.15) is 5.56 Å². The van der Waals surface area contributed by atoms with Crippen LogP contribution in [0.3, 0.4) is 0 Å². The van der Waals surface area contributed by atoms with Gasteiger partial charge in [0.25, 0.3) is 0 Å². The number of nitrogens with zero attached hydrogens (tertiary/aromatic N) is 1. The van der Waals surface area contributed by atoms with Gasteiger partial charge in [0.2, 0.25) is 0 Å². The van der Waals surface area contributed by atoms with Gasteiger partial charge in [-0.15, -0.1) is 0 Å². The Balaban J connectivity index is 3.02. The highest BCUT2D eigenvalue weighted by atomic mass is 16.5. The Bertz CT molecular complexity index is 324. The Morgan fingerprint density at radius 1 is 1.29 bits per heavy atom. The number of benzene rings is 1. The van der Waals surface area contributed by atoms with E-state index < -0.39 is 0 Å². The van der Waals surface area contributed by atoms with Crippen molar-refractivity contribution in [2.24, 2.45) is 5.10 Å². The number of ether oxygens (including phenoxy) is 2. The molecule has 0 aromatic heterocycles. The molecular formula is C10H14N2O2. The molecule has 0 unspecified atom stereocenters. The highest BCUT2D eigenvalue weighted by Gasteiger charge is 2.01. The summed E-state index contributed by atoms with van der Waals surface area (Å²) in [7, 11) is 4.99. The van der Waals surface area contributed by atoms with Gasteiger partial charge in [0.05, 0.1) is 20.4 Å². The van der Waals surface area contributed by atoms with E-state index in [1.807, 2.05) is 18.2 Å². The lowest BCUT2D eigenvalue weighted by molar-refractivity contribution is 0.402. The van der Waals surface area contributed by atoms with Crippen molar-refractivity contribution < 1.29 is 9.47 Å². The molecule has 0 spiro atoms. The zero-order valence-corrected chi connectivity index (χ0v) is 8.57. The van der Waals surface area contributed by atoms with Crippen LogP contribution in [0.25, 0.3) is 0 Å². The van der Waals surface area contributed by atoms with Gasteiger partial charge in [0.15, 0.2) is 0 Å². The van der Waals surface area contributed by atoms with Crippen molar-refractivity contribution in [1.29, 1.82) is 0 Å². The molecule has 4 nitrogen and oxygen atoms in total. The fourth-order valence-corrected chi connectivity index (χ4v) is 1.07. The van der Waals surface area contributed by atoms with Crippen molar-refractivity contribution in [3.63, 3.8) is 0 Å². The molecule has 76 valence electrons. The van der Waals surface area contributed by atoms with E-state index in [4.69, 9.17) is 9.47 Å². The lowest BCUT2D eigenvalue weighted by Gasteiger charge is -2.06. The number of hydrazone groups is 1. The van der Waals surface area contributed by atoms with Gasteiger partial charge in [-0.2, -0.15) is 5.10 Å². The highest BCUT2D eigenvalue weighted by molar-refractivity contribution is 5.84. The first kappa shape index (κ1) is 10.4. The number of hydrogen-bond acceptors (Lipinski definition) is 4. The van der Waals surface area contributed by atoms with Crippen LogP contribution in [-0.2, 0) is 0 Å². The van der Waals surface area contributed by atoms with Gasteiger partial charge >= 0.3 is 0 Å². The van der Waals surface area contributed by atoms with Gasteiger partial charge < -0.3 is 14.9 Å². The fourth-order valence-electron chi connectivity index (χ4n) is 1.07. The van der Waals surface area contributed by atoms with E-state index in [-0.39, 0.29) is 0 Å². The summed E-state index contributed by atoms with van der Waals surface area (Å²) < 4.78 is 10.3. The normalized spacial score (nSPS) is 10.2. The smallest absolute Gasteiger partial charge is 0.127 e. The second-order valence-corrected chi connectivity index (χ2v) is 2.59. The molecule has 0 aliphatic rings. The van der Waals surface area contributed by atoms with Crippen molar-refractivity contribution in [3.8, 4) is 11.5 Å². The van der Waals surface area contributed by atoms with E-state index in [0.717, 1.165) is 17.1 Å². The molecule has 0 saturated heterocycles. The highest BCUT2D eigenvalue weighted by Crippen LogP contribution is 2.21. The molecule has 1 N–H and O–H groups in total. The number of rotatable bonds is 4. The van der Waals surface area contributed by atoms with E-state index in [0.29, 0.717) is 0 Å². The summed E-state index contributed by atoms with van der Waals surface area (Å²) in [6.45, 7) is 0. The van der Waals surface area contributed by atoms with Crippen molar-refractivity contribution in [3.05, 3.63) is 23.8 Å². The van der Waals surface area contributed by atoms with Gasteiger partial charge in [0, 0.05) is 12.6 Å². The van der Waals surface area contributed by atoms with Crippen LogP contribution in [0.4, 0.5) is 0 Å². The molecule has 0 aliphatic heterocycles. The van der Waals surface area contributed by atoms with Crippen molar-refractivity contribution in [2.75, 3.05) is 21.3 Å². The van der Waals surface area contributed by atoms with Crippen LogP contribution in [0, 0.1) is 0 Å². The third kappa shape index (κ3) is 2.39. The summed E-state index contributed by atoms with van der Waals surface area (Å²) in [5.74, 6) is 1.55. The molecule has 0 atom stereocenters. The Morgan fingerprint density at radius 3 is 2.64 bits per heavy atom. The van der Waals surface area contributed by atoms with Gasteiger partial charge in [0.1, 0.15) is 11.5 Å². The number of nitrogens with one attached hydrogen (secondary N) is 1. The molecule has 0 amide bonds. The summed E-state index contributed by atoms with van der Waals surface area (Å²) in [6.07, 6.45) is 1.68. The van der Waals surface area contributed by atoms with Crippen molar-refractivity contribution >= 4 is 6.21 Å². The molecule has 14 heavy (non-hydrogen) atoms. The van der Waals surface area contributed by atoms with Gasteiger partial charge in [-0.05, 0) is 18.2 Å². The SMILES string of the molecule is CN/N=C/c1cc(OC)ccc1OC. The quantitative estimate of drug-likeness (QED) is 0.579.